The molecule has 2 N–H and O–H groups in total. The Morgan fingerprint density at radius 3 is 2.45 bits per heavy atom. The first-order chi connectivity index (χ1) is 9.51. The van der Waals surface area contributed by atoms with E-state index in [0.29, 0.717) is 12.6 Å². The smallest absolute Gasteiger partial charge is 0.119 e. The molecule has 2 atom stereocenters. The molecule has 4 nitrogen and oxygen atoms in total. The maximum atomic E-state index is 9.75. The summed E-state index contributed by atoms with van der Waals surface area (Å²) >= 11 is 3.42. The number of alkyl halides is 1. The molecule has 20 heavy (non-hydrogen) atoms. The van der Waals surface area contributed by atoms with Gasteiger partial charge in [-0.25, -0.2) is 0 Å². The van der Waals surface area contributed by atoms with E-state index >= 15 is 0 Å². The molecule has 1 aromatic carbocycles. The predicted molar refractivity (Wildman–Crippen MR) is 84.5 cm³/mol. The molecule has 0 aromatic heterocycles. The average Bonchev–Trinajstić information content (AvgIpc) is 2.44. The average molecular weight is 346 g/mol. The van der Waals surface area contributed by atoms with E-state index in [1.807, 2.05) is 38.1 Å². The monoisotopic (exact) mass is 345 g/mol. The Kier molecular flexibility index (Phi) is 8.14. The number of aliphatic hydroxyl groups excluding tert-OH is 1. The summed E-state index contributed by atoms with van der Waals surface area (Å²) in [6.45, 7) is 4.92. The molecule has 0 aliphatic carbocycles. The normalized spacial score (nSPS) is 14.3. The number of halogens is 1. The van der Waals surface area contributed by atoms with Crippen molar-refractivity contribution in [3.63, 3.8) is 0 Å². The molecule has 0 radical (unpaired) electrons. The first kappa shape index (κ1) is 17.4. The van der Waals surface area contributed by atoms with Gasteiger partial charge in [-0.3, -0.25) is 0 Å². The van der Waals surface area contributed by atoms with Gasteiger partial charge < -0.3 is 19.9 Å². The number of benzene rings is 1. The van der Waals surface area contributed by atoms with Gasteiger partial charge in [-0.1, -0.05) is 41.9 Å². The Morgan fingerprint density at radius 2 is 1.90 bits per heavy atom. The van der Waals surface area contributed by atoms with Gasteiger partial charge in [0.2, 0.25) is 0 Å². The van der Waals surface area contributed by atoms with Crippen LogP contribution in [0.25, 0.3) is 0 Å². The highest BCUT2D eigenvalue weighted by molar-refractivity contribution is 9.09. The number of aliphatic hydroxyl groups is 1. The molecule has 0 saturated heterocycles. The summed E-state index contributed by atoms with van der Waals surface area (Å²) in [5, 5.41) is 13.0. The van der Waals surface area contributed by atoms with Crippen molar-refractivity contribution in [2.24, 2.45) is 0 Å². The molecule has 1 aromatic rings. The van der Waals surface area contributed by atoms with Crippen LogP contribution in [0.15, 0.2) is 24.3 Å². The summed E-state index contributed by atoms with van der Waals surface area (Å²) in [5.41, 5.74) is 1.17. The molecule has 0 bridgehead atoms. The predicted octanol–water partition coefficient (Wildman–Crippen LogP) is 2.33. The highest BCUT2D eigenvalue weighted by Gasteiger charge is 2.07. The maximum absolute atomic E-state index is 9.75. The molecular formula is C15H24BrNO3. The van der Waals surface area contributed by atoms with Crippen molar-refractivity contribution in [2.75, 3.05) is 20.3 Å². The first-order valence-electron chi connectivity index (χ1n) is 6.81. The number of methoxy groups -OCH3 is 1. The zero-order chi connectivity index (χ0) is 15.0. The van der Waals surface area contributed by atoms with Gasteiger partial charge in [0.25, 0.3) is 0 Å². The van der Waals surface area contributed by atoms with Crippen molar-refractivity contribution in [3.05, 3.63) is 29.8 Å². The van der Waals surface area contributed by atoms with Crippen LogP contribution in [0.2, 0.25) is 0 Å². The van der Waals surface area contributed by atoms with Gasteiger partial charge in [-0.05, 0) is 17.7 Å². The van der Waals surface area contributed by atoms with Gasteiger partial charge in [-0.15, -0.1) is 0 Å². The van der Waals surface area contributed by atoms with E-state index in [1.165, 1.54) is 5.56 Å². The largest absolute Gasteiger partial charge is 0.491 e. The van der Waals surface area contributed by atoms with E-state index in [-0.39, 0.29) is 11.6 Å². The van der Waals surface area contributed by atoms with Crippen LogP contribution in [0.5, 0.6) is 5.75 Å². The van der Waals surface area contributed by atoms with Gasteiger partial charge in [0.05, 0.1) is 0 Å². The van der Waals surface area contributed by atoms with E-state index in [4.69, 9.17) is 9.47 Å². The minimum atomic E-state index is -0.502. The van der Waals surface area contributed by atoms with Gasteiger partial charge in [0, 0.05) is 26.1 Å². The van der Waals surface area contributed by atoms with Crippen LogP contribution in [0.4, 0.5) is 0 Å². The molecule has 0 aliphatic heterocycles. The highest BCUT2D eigenvalue weighted by atomic mass is 79.9. The standard InChI is InChI=1S/C15H24BrNO3/c1-11(2)17-9-13(18)10-20-14-6-4-12(5-7-14)8-15(16)19-3/h4-7,11,13,15,17-18H,8-10H2,1-3H3. The van der Waals surface area contributed by atoms with Gasteiger partial charge in [0.15, 0.2) is 0 Å². The summed E-state index contributed by atoms with van der Waals surface area (Å²) < 4.78 is 10.7. The molecule has 114 valence electrons. The first-order valence-corrected chi connectivity index (χ1v) is 7.73. The molecule has 2 unspecified atom stereocenters. The van der Waals surface area contributed by atoms with Crippen LogP contribution < -0.4 is 10.1 Å². The summed E-state index contributed by atoms with van der Waals surface area (Å²) in [6, 6.07) is 8.19. The summed E-state index contributed by atoms with van der Waals surface area (Å²) in [5.74, 6) is 0.765. The fraction of sp³-hybridized carbons (Fsp3) is 0.600. The van der Waals surface area contributed by atoms with Crippen LogP contribution >= 0.6 is 15.9 Å². The van der Waals surface area contributed by atoms with E-state index in [1.54, 1.807) is 7.11 Å². The second-order valence-electron chi connectivity index (χ2n) is 5.02. The van der Waals surface area contributed by atoms with Crippen molar-refractivity contribution in [1.82, 2.24) is 5.32 Å². The number of hydrogen-bond donors (Lipinski definition) is 2. The molecule has 0 aliphatic rings. The molecular weight excluding hydrogens is 322 g/mol. The lowest BCUT2D eigenvalue weighted by Gasteiger charge is -2.15. The lowest BCUT2D eigenvalue weighted by Crippen LogP contribution is -2.35. The van der Waals surface area contributed by atoms with Crippen LogP contribution in [0.1, 0.15) is 19.4 Å². The Balaban J connectivity index is 2.34. The molecule has 0 fully saturated rings. The number of rotatable bonds is 9. The number of ether oxygens (including phenoxy) is 2. The second-order valence-corrected chi connectivity index (χ2v) is 6.04. The number of nitrogens with one attached hydrogen (secondary N) is 1. The van der Waals surface area contributed by atoms with E-state index in [2.05, 4.69) is 21.2 Å². The maximum Gasteiger partial charge on any atom is 0.119 e. The fourth-order valence-corrected chi connectivity index (χ4v) is 1.99. The lowest BCUT2D eigenvalue weighted by atomic mass is 10.1. The van der Waals surface area contributed by atoms with Crippen molar-refractivity contribution < 1.29 is 14.6 Å². The molecule has 1 rings (SSSR count). The van der Waals surface area contributed by atoms with Gasteiger partial charge in [0.1, 0.15) is 23.5 Å². The minimum Gasteiger partial charge on any atom is -0.491 e. The molecule has 0 spiro atoms. The highest BCUT2D eigenvalue weighted by Crippen LogP contribution is 2.16. The van der Waals surface area contributed by atoms with Gasteiger partial charge >= 0.3 is 0 Å². The summed E-state index contributed by atoms with van der Waals surface area (Å²) in [7, 11) is 1.67. The third-order valence-electron chi connectivity index (χ3n) is 2.78. The van der Waals surface area contributed by atoms with Gasteiger partial charge in [-0.2, -0.15) is 0 Å². The SMILES string of the molecule is COC(Br)Cc1ccc(OCC(O)CNC(C)C)cc1. The zero-order valence-electron chi connectivity index (χ0n) is 12.3. The Bertz CT molecular complexity index is 370. The molecule has 0 saturated carbocycles. The lowest BCUT2D eigenvalue weighted by molar-refractivity contribution is 0.104. The van der Waals surface area contributed by atoms with Crippen LogP contribution in [-0.2, 0) is 11.2 Å². The van der Waals surface area contributed by atoms with Crippen LogP contribution in [0.3, 0.4) is 0 Å². The van der Waals surface area contributed by atoms with E-state index in [9.17, 15) is 5.11 Å². The van der Waals surface area contributed by atoms with Crippen molar-refractivity contribution >= 4 is 15.9 Å². The van der Waals surface area contributed by atoms with Crippen molar-refractivity contribution in [1.29, 1.82) is 0 Å². The summed E-state index contributed by atoms with van der Waals surface area (Å²) in [6.07, 6.45) is 0.301. The third kappa shape index (κ3) is 7.24. The quantitative estimate of drug-likeness (QED) is 0.674. The number of hydrogen-bond acceptors (Lipinski definition) is 4. The topological polar surface area (TPSA) is 50.7 Å². The van der Waals surface area contributed by atoms with Crippen molar-refractivity contribution in [2.45, 2.75) is 37.4 Å². The minimum absolute atomic E-state index is 0.0261. The van der Waals surface area contributed by atoms with E-state index in [0.717, 1.165) is 12.2 Å². The third-order valence-corrected chi connectivity index (χ3v) is 3.48. The Hall–Kier alpha value is -0.620. The van der Waals surface area contributed by atoms with E-state index < -0.39 is 6.10 Å². The fourth-order valence-electron chi connectivity index (χ4n) is 1.61. The van der Waals surface area contributed by atoms with Crippen molar-refractivity contribution in [3.8, 4) is 5.75 Å². The zero-order valence-corrected chi connectivity index (χ0v) is 13.9. The molecule has 0 heterocycles. The molecule has 0 amide bonds. The van der Waals surface area contributed by atoms with Crippen LogP contribution in [0, 0.1) is 0 Å². The molecule has 5 heteroatoms. The Labute approximate surface area is 129 Å². The Morgan fingerprint density at radius 1 is 1.25 bits per heavy atom. The van der Waals surface area contributed by atoms with Crippen LogP contribution in [-0.4, -0.2) is 42.5 Å². The second kappa shape index (κ2) is 9.34. The summed E-state index contributed by atoms with van der Waals surface area (Å²) in [4.78, 5) is 0.